The molecule has 1 saturated heterocycles. The topological polar surface area (TPSA) is 50.4 Å². The summed E-state index contributed by atoms with van der Waals surface area (Å²) < 4.78 is 5.67. The van der Waals surface area contributed by atoms with E-state index in [9.17, 15) is 4.79 Å². The highest BCUT2D eigenvalue weighted by Crippen LogP contribution is 2.28. The molecule has 0 radical (unpaired) electrons. The number of rotatable bonds is 6. The van der Waals surface area contributed by atoms with Crippen molar-refractivity contribution in [1.82, 2.24) is 10.6 Å². The van der Waals surface area contributed by atoms with Crippen LogP contribution < -0.4 is 15.4 Å². The molecule has 0 saturated carbocycles. The molecule has 2 atom stereocenters. The fraction of sp³-hybridized carbons (Fsp3) is 0.533. The Bertz CT molecular complexity index is 434. The van der Waals surface area contributed by atoms with E-state index in [0.29, 0.717) is 6.61 Å². The first-order chi connectivity index (χ1) is 9.26. The Kier molecular flexibility index (Phi) is 4.80. The molecule has 1 aromatic rings. The predicted molar refractivity (Wildman–Crippen MR) is 75.2 cm³/mol. The number of nitrogens with one attached hydrogen (secondary N) is 2. The number of hydrogen-bond donors (Lipinski definition) is 2. The van der Waals surface area contributed by atoms with Gasteiger partial charge in [0.05, 0.1) is 12.6 Å². The summed E-state index contributed by atoms with van der Waals surface area (Å²) in [5.74, 6) is 1.01. The SMILES string of the molecule is CCOc1ccccc1[C@H](CC)N[C@H]1CCNC1=O. The highest BCUT2D eigenvalue weighted by Gasteiger charge is 2.27. The van der Waals surface area contributed by atoms with E-state index in [1.807, 2.05) is 25.1 Å². The van der Waals surface area contributed by atoms with Crippen molar-refractivity contribution >= 4 is 5.91 Å². The Labute approximate surface area is 114 Å². The molecule has 2 N–H and O–H groups in total. The summed E-state index contributed by atoms with van der Waals surface area (Å²) in [7, 11) is 0. The van der Waals surface area contributed by atoms with Crippen molar-refractivity contribution in [3.8, 4) is 5.75 Å². The fourth-order valence-electron chi connectivity index (χ4n) is 2.48. The Morgan fingerprint density at radius 3 is 2.84 bits per heavy atom. The van der Waals surface area contributed by atoms with Crippen LogP contribution in [0.2, 0.25) is 0 Å². The van der Waals surface area contributed by atoms with Gasteiger partial charge in [-0.3, -0.25) is 10.1 Å². The van der Waals surface area contributed by atoms with E-state index in [0.717, 1.165) is 30.7 Å². The van der Waals surface area contributed by atoms with Gasteiger partial charge in [0.25, 0.3) is 0 Å². The molecule has 0 aliphatic carbocycles. The first-order valence-electron chi connectivity index (χ1n) is 7.01. The van der Waals surface area contributed by atoms with Gasteiger partial charge in [-0.05, 0) is 25.8 Å². The van der Waals surface area contributed by atoms with E-state index in [-0.39, 0.29) is 18.0 Å². The third kappa shape index (κ3) is 3.26. The van der Waals surface area contributed by atoms with Gasteiger partial charge in [0.15, 0.2) is 0 Å². The van der Waals surface area contributed by atoms with Crippen LogP contribution in [0.25, 0.3) is 0 Å². The molecule has 1 aliphatic rings. The first-order valence-corrected chi connectivity index (χ1v) is 7.01. The van der Waals surface area contributed by atoms with Crippen molar-refractivity contribution in [3.63, 3.8) is 0 Å². The second-order valence-electron chi connectivity index (χ2n) is 4.73. The third-order valence-corrected chi connectivity index (χ3v) is 3.45. The molecule has 0 bridgehead atoms. The van der Waals surface area contributed by atoms with Gasteiger partial charge in [0, 0.05) is 18.2 Å². The molecule has 4 heteroatoms. The quantitative estimate of drug-likeness (QED) is 0.824. The maximum Gasteiger partial charge on any atom is 0.237 e. The van der Waals surface area contributed by atoms with E-state index in [2.05, 4.69) is 23.6 Å². The second kappa shape index (κ2) is 6.57. The molecular weight excluding hydrogens is 240 g/mol. The van der Waals surface area contributed by atoms with Gasteiger partial charge >= 0.3 is 0 Å². The lowest BCUT2D eigenvalue weighted by Gasteiger charge is -2.23. The highest BCUT2D eigenvalue weighted by molar-refractivity contribution is 5.83. The lowest BCUT2D eigenvalue weighted by Crippen LogP contribution is -2.38. The van der Waals surface area contributed by atoms with E-state index in [1.165, 1.54) is 0 Å². The second-order valence-corrected chi connectivity index (χ2v) is 4.73. The summed E-state index contributed by atoms with van der Waals surface area (Å²) in [5, 5.41) is 6.30. The van der Waals surface area contributed by atoms with Crippen LogP contribution in [0.4, 0.5) is 0 Å². The Morgan fingerprint density at radius 1 is 1.42 bits per heavy atom. The van der Waals surface area contributed by atoms with Crippen molar-refractivity contribution < 1.29 is 9.53 Å². The van der Waals surface area contributed by atoms with Crippen LogP contribution in [0.1, 0.15) is 38.3 Å². The zero-order valence-electron chi connectivity index (χ0n) is 11.6. The van der Waals surface area contributed by atoms with Gasteiger partial charge < -0.3 is 10.1 Å². The van der Waals surface area contributed by atoms with Gasteiger partial charge in [0.2, 0.25) is 5.91 Å². The first kappa shape index (κ1) is 13.9. The Hall–Kier alpha value is -1.55. The van der Waals surface area contributed by atoms with Crippen LogP contribution in [-0.2, 0) is 4.79 Å². The van der Waals surface area contributed by atoms with Gasteiger partial charge in [-0.1, -0.05) is 25.1 Å². The van der Waals surface area contributed by atoms with Crippen molar-refractivity contribution in [2.24, 2.45) is 0 Å². The zero-order chi connectivity index (χ0) is 13.7. The number of para-hydroxylation sites is 1. The van der Waals surface area contributed by atoms with Crippen molar-refractivity contribution in [2.45, 2.75) is 38.8 Å². The molecule has 0 spiro atoms. The number of benzene rings is 1. The molecule has 1 aromatic carbocycles. The average molecular weight is 262 g/mol. The van der Waals surface area contributed by atoms with E-state index in [4.69, 9.17) is 4.74 Å². The van der Waals surface area contributed by atoms with Crippen LogP contribution in [0.15, 0.2) is 24.3 Å². The smallest absolute Gasteiger partial charge is 0.237 e. The monoisotopic (exact) mass is 262 g/mol. The Morgan fingerprint density at radius 2 is 2.21 bits per heavy atom. The summed E-state index contributed by atoms with van der Waals surface area (Å²) in [5.41, 5.74) is 1.13. The molecule has 1 aliphatic heterocycles. The molecule has 19 heavy (non-hydrogen) atoms. The summed E-state index contributed by atoms with van der Waals surface area (Å²) in [6.07, 6.45) is 1.78. The maximum atomic E-state index is 11.7. The Balaban J connectivity index is 2.14. The van der Waals surface area contributed by atoms with Crippen LogP contribution in [0, 0.1) is 0 Å². The molecule has 0 aromatic heterocycles. The van der Waals surface area contributed by atoms with Crippen molar-refractivity contribution in [1.29, 1.82) is 0 Å². The van der Waals surface area contributed by atoms with Gasteiger partial charge in [0.1, 0.15) is 5.75 Å². The summed E-state index contributed by atoms with van der Waals surface area (Å²) in [6.45, 7) is 5.51. The number of ether oxygens (including phenoxy) is 1. The molecule has 4 nitrogen and oxygen atoms in total. The van der Waals surface area contributed by atoms with Crippen LogP contribution in [-0.4, -0.2) is 25.1 Å². The highest BCUT2D eigenvalue weighted by atomic mass is 16.5. The van der Waals surface area contributed by atoms with Gasteiger partial charge in [-0.25, -0.2) is 0 Å². The summed E-state index contributed by atoms with van der Waals surface area (Å²) >= 11 is 0. The molecule has 1 heterocycles. The van der Waals surface area contributed by atoms with E-state index in [1.54, 1.807) is 0 Å². The minimum atomic E-state index is -0.0837. The van der Waals surface area contributed by atoms with Gasteiger partial charge in [-0.15, -0.1) is 0 Å². The number of hydrogen-bond acceptors (Lipinski definition) is 3. The fourth-order valence-corrected chi connectivity index (χ4v) is 2.48. The minimum Gasteiger partial charge on any atom is -0.494 e. The zero-order valence-corrected chi connectivity index (χ0v) is 11.6. The van der Waals surface area contributed by atoms with Crippen LogP contribution in [0.3, 0.4) is 0 Å². The average Bonchev–Trinajstić information content (AvgIpc) is 2.83. The van der Waals surface area contributed by atoms with E-state index < -0.39 is 0 Å². The largest absolute Gasteiger partial charge is 0.494 e. The van der Waals surface area contributed by atoms with Crippen LogP contribution in [0.5, 0.6) is 5.75 Å². The molecule has 1 amide bonds. The standard InChI is InChI=1S/C15H22N2O2/c1-3-12(17-13-9-10-16-15(13)18)11-7-5-6-8-14(11)19-4-2/h5-8,12-13,17H,3-4,9-10H2,1-2H3,(H,16,18)/t12-,13-/m0/s1. The molecular formula is C15H22N2O2. The van der Waals surface area contributed by atoms with Crippen molar-refractivity contribution in [3.05, 3.63) is 29.8 Å². The number of amides is 1. The molecule has 104 valence electrons. The molecule has 1 fully saturated rings. The predicted octanol–water partition coefficient (Wildman–Crippen LogP) is 2.01. The number of carbonyl (C=O) groups is 1. The molecule has 2 rings (SSSR count). The summed E-state index contributed by atoms with van der Waals surface area (Å²) in [6, 6.07) is 8.10. The number of carbonyl (C=O) groups excluding carboxylic acids is 1. The third-order valence-electron chi connectivity index (χ3n) is 3.45. The minimum absolute atomic E-state index is 0.0837. The van der Waals surface area contributed by atoms with Crippen molar-refractivity contribution in [2.75, 3.05) is 13.2 Å². The van der Waals surface area contributed by atoms with Gasteiger partial charge in [-0.2, -0.15) is 0 Å². The normalized spacial score (nSPS) is 20.1. The summed E-state index contributed by atoms with van der Waals surface area (Å²) in [4.78, 5) is 11.7. The molecule has 0 unspecified atom stereocenters. The van der Waals surface area contributed by atoms with E-state index >= 15 is 0 Å². The lowest BCUT2D eigenvalue weighted by molar-refractivity contribution is -0.121. The lowest BCUT2D eigenvalue weighted by atomic mass is 10.0. The maximum absolute atomic E-state index is 11.7. The van der Waals surface area contributed by atoms with Crippen LogP contribution >= 0.6 is 0 Å².